The Labute approximate surface area is 111 Å². The topological polar surface area (TPSA) is 92.5 Å². The van der Waals surface area contributed by atoms with E-state index in [1.54, 1.807) is 0 Å². The third-order valence-corrected chi connectivity index (χ3v) is 2.48. The van der Waals surface area contributed by atoms with Crippen molar-refractivity contribution < 1.29 is 14.4 Å². The summed E-state index contributed by atoms with van der Waals surface area (Å²) in [6.07, 6.45) is 0.816. The molecule has 0 aliphatic heterocycles. The molecule has 102 valence electrons. The molecule has 0 bridgehead atoms. The van der Waals surface area contributed by atoms with Crippen molar-refractivity contribution in [2.24, 2.45) is 5.73 Å². The van der Waals surface area contributed by atoms with Crippen LogP contribution < -0.4 is 11.1 Å². The van der Waals surface area contributed by atoms with E-state index in [1.165, 1.54) is 0 Å². The van der Waals surface area contributed by atoms with Gasteiger partial charge in [0.25, 0.3) is 0 Å². The van der Waals surface area contributed by atoms with Gasteiger partial charge in [0.15, 0.2) is 0 Å². The fourth-order valence-electron chi connectivity index (χ4n) is 1.45. The molecule has 3 N–H and O–H groups in total. The van der Waals surface area contributed by atoms with Crippen LogP contribution in [0, 0.1) is 0 Å². The maximum absolute atomic E-state index is 11.6. The minimum absolute atomic E-state index is 0.150. The van der Waals surface area contributed by atoms with Crippen LogP contribution in [0.15, 0.2) is 30.3 Å². The van der Waals surface area contributed by atoms with Crippen LogP contribution >= 0.6 is 0 Å². The van der Waals surface area contributed by atoms with E-state index in [1.807, 2.05) is 30.3 Å². The Kier molecular flexibility index (Phi) is 6.25. The minimum atomic E-state index is -0.862. The Morgan fingerprint density at radius 2 is 1.95 bits per heavy atom. The van der Waals surface area contributed by atoms with Crippen LogP contribution in [0.4, 0.5) is 0 Å². The Morgan fingerprint density at radius 3 is 2.53 bits per heavy atom. The number of nitrogens with one attached hydrogen (secondary N) is 1. The van der Waals surface area contributed by atoms with E-state index in [0.717, 1.165) is 10.5 Å². The monoisotopic (exact) mass is 263 g/mol. The maximum Gasteiger partial charge on any atom is 0.318 e. The highest BCUT2D eigenvalue weighted by Crippen LogP contribution is 1.97. The van der Waals surface area contributed by atoms with E-state index in [-0.39, 0.29) is 13.1 Å². The number of carbonyl (C=O) groups is 3. The summed E-state index contributed by atoms with van der Waals surface area (Å²) in [6, 6.07) is 9.19. The van der Waals surface area contributed by atoms with Crippen LogP contribution in [0.3, 0.4) is 0 Å². The van der Waals surface area contributed by atoms with Crippen molar-refractivity contribution in [2.75, 3.05) is 13.1 Å². The molecule has 0 aromatic heterocycles. The summed E-state index contributed by atoms with van der Waals surface area (Å²) in [5, 5.41) is 2.47. The SMILES string of the molecule is NCCCN(C=O)C(=O)C(=O)NCc1ccccc1. The molecule has 1 rings (SSSR count). The van der Waals surface area contributed by atoms with Gasteiger partial charge in [0.05, 0.1) is 0 Å². The fourth-order valence-corrected chi connectivity index (χ4v) is 1.45. The summed E-state index contributed by atoms with van der Waals surface area (Å²) in [4.78, 5) is 34.8. The normalized spacial score (nSPS) is 9.74. The second kappa shape index (κ2) is 7.99. The van der Waals surface area contributed by atoms with Crippen molar-refractivity contribution in [3.05, 3.63) is 35.9 Å². The molecule has 1 aromatic rings. The Hall–Kier alpha value is -2.21. The van der Waals surface area contributed by atoms with E-state index in [2.05, 4.69) is 5.32 Å². The van der Waals surface area contributed by atoms with Crippen molar-refractivity contribution in [3.8, 4) is 0 Å². The second-order valence-electron chi connectivity index (χ2n) is 3.91. The Bertz CT molecular complexity index is 434. The molecule has 0 atom stereocenters. The van der Waals surface area contributed by atoms with Crippen molar-refractivity contribution in [3.63, 3.8) is 0 Å². The number of imide groups is 1. The highest BCUT2D eigenvalue weighted by Gasteiger charge is 2.20. The number of rotatable bonds is 6. The first kappa shape index (κ1) is 14.8. The lowest BCUT2D eigenvalue weighted by Gasteiger charge is -2.14. The first-order chi connectivity index (χ1) is 9.19. The summed E-state index contributed by atoms with van der Waals surface area (Å²) in [6.45, 7) is 0.746. The maximum atomic E-state index is 11.6. The largest absolute Gasteiger partial charge is 0.344 e. The van der Waals surface area contributed by atoms with Gasteiger partial charge < -0.3 is 11.1 Å². The van der Waals surface area contributed by atoms with Crippen LogP contribution in [0.5, 0.6) is 0 Å². The molecule has 0 aliphatic rings. The van der Waals surface area contributed by atoms with Crippen LogP contribution in [0.1, 0.15) is 12.0 Å². The number of carbonyl (C=O) groups excluding carboxylic acids is 3. The van der Waals surface area contributed by atoms with Gasteiger partial charge in [-0.2, -0.15) is 0 Å². The van der Waals surface area contributed by atoms with Crippen LogP contribution in [-0.2, 0) is 20.9 Å². The molecule has 0 heterocycles. The van der Waals surface area contributed by atoms with Gasteiger partial charge in [-0.15, -0.1) is 0 Å². The zero-order chi connectivity index (χ0) is 14.1. The first-order valence-corrected chi connectivity index (χ1v) is 5.97. The van der Waals surface area contributed by atoms with E-state index < -0.39 is 11.8 Å². The Balaban J connectivity index is 2.47. The van der Waals surface area contributed by atoms with Crippen molar-refractivity contribution in [1.29, 1.82) is 0 Å². The zero-order valence-corrected chi connectivity index (χ0v) is 10.5. The first-order valence-electron chi connectivity index (χ1n) is 5.97. The third-order valence-electron chi connectivity index (χ3n) is 2.48. The number of hydrogen-bond acceptors (Lipinski definition) is 4. The van der Waals surface area contributed by atoms with E-state index >= 15 is 0 Å². The van der Waals surface area contributed by atoms with Gasteiger partial charge in [0, 0.05) is 13.1 Å². The molecule has 0 aliphatic carbocycles. The highest BCUT2D eigenvalue weighted by atomic mass is 16.2. The zero-order valence-electron chi connectivity index (χ0n) is 10.5. The van der Waals surface area contributed by atoms with Crippen LogP contribution in [0.2, 0.25) is 0 Å². The minimum Gasteiger partial charge on any atom is -0.344 e. The molecule has 6 nitrogen and oxygen atoms in total. The van der Waals surface area contributed by atoms with E-state index in [4.69, 9.17) is 5.73 Å². The van der Waals surface area contributed by atoms with Crippen molar-refractivity contribution in [2.45, 2.75) is 13.0 Å². The average molecular weight is 263 g/mol. The third kappa shape index (κ3) is 4.89. The quantitative estimate of drug-likeness (QED) is 0.541. The van der Waals surface area contributed by atoms with Gasteiger partial charge in [-0.3, -0.25) is 19.3 Å². The molecule has 0 spiro atoms. The molecule has 0 radical (unpaired) electrons. The number of benzene rings is 1. The van der Waals surface area contributed by atoms with Gasteiger partial charge in [-0.05, 0) is 18.5 Å². The lowest BCUT2D eigenvalue weighted by atomic mass is 10.2. The van der Waals surface area contributed by atoms with Gasteiger partial charge in [0.2, 0.25) is 6.41 Å². The number of nitrogens with zero attached hydrogens (tertiary/aromatic N) is 1. The van der Waals surface area contributed by atoms with E-state index in [0.29, 0.717) is 19.4 Å². The molecule has 6 heteroatoms. The smallest absolute Gasteiger partial charge is 0.318 e. The van der Waals surface area contributed by atoms with Gasteiger partial charge in [-0.25, -0.2) is 0 Å². The predicted octanol–water partition coefficient (Wildman–Crippen LogP) is -0.363. The van der Waals surface area contributed by atoms with Crippen LogP contribution in [0.25, 0.3) is 0 Å². The second-order valence-corrected chi connectivity index (χ2v) is 3.91. The molecule has 1 aromatic carbocycles. The number of hydrogen-bond donors (Lipinski definition) is 2. The predicted molar refractivity (Wildman–Crippen MR) is 69.7 cm³/mol. The molecule has 0 saturated heterocycles. The van der Waals surface area contributed by atoms with Crippen molar-refractivity contribution in [1.82, 2.24) is 10.2 Å². The average Bonchev–Trinajstić information content (AvgIpc) is 2.46. The van der Waals surface area contributed by atoms with Crippen molar-refractivity contribution >= 4 is 18.2 Å². The van der Waals surface area contributed by atoms with Gasteiger partial charge in [0.1, 0.15) is 0 Å². The fraction of sp³-hybridized carbons (Fsp3) is 0.308. The molecular weight excluding hydrogens is 246 g/mol. The molecule has 3 amide bonds. The number of amides is 3. The molecule has 0 saturated carbocycles. The summed E-state index contributed by atoms with van der Waals surface area (Å²) in [5.41, 5.74) is 6.17. The molecule has 19 heavy (non-hydrogen) atoms. The summed E-state index contributed by atoms with van der Waals surface area (Å²) in [7, 11) is 0. The van der Waals surface area contributed by atoms with Crippen LogP contribution in [-0.4, -0.2) is 36.2 Å². The van der Waals surface area contributed by atoms with Gasteiger partial charge in [-0.1, -0.05) is 30.3 Å². The van der Waals surface area contributed by atoms with E-state index in [9.17, 15) is 14.4 Å². The lowest BCUT2D eigenvalue weighted by Crippen LogP contribution is -2.42. The Morgan fingerprint density at radius 1 is 1.26 bits per heavy atom. The molecule has 0 unspecified atom stereocenters. The number of nitrogens with two attached hydrogens (primary N) is 1. The molecular formula is C13H17N3O3. The highest BCUT2D eigenvalue weighted by molar-refractivity contribution is 6.36. The lowest BCUT2D eigenvalue weighted by molar-refractivity contribution is -0.148. The molecule has 0 fully saturated rings. The van der Waals surface area contributed by atoms with Gasteiger partial charge >= 0.3 is 11.8 Å². The summed E-state index contributed by atoms with van der Waals surface area (Å²) >= 11 is 0. The summed E-state index contributed by atoms with van der Waals surface area (Å²) < 4.78 is 0. The summed E-state index contributed by atoms with van der Waals surface area (Å²) in [5.74, 6) is -1.66. The standard InChI is InChI=1S/C13H17N3O3/c14-7-4-8-16(10-17)13(19)12(18)15-9-11-5-2-1-3-6-11/h1-3,5-6,10H,4,7-9,14H2,(H,15,18).